The number of sulfonamides is 1. The van der Waals surface area contributed by atoms with Crippen LogP contribution in [-0.2, 0) is 26.2 Å². The molecular weight excluding hydrogens is 525 g/mol. The number of halogens is 2. The van der Waals surface area contributed by atoms with Gasteiger partial charge in [-0.1, -0.05) is 54.7 Å². The number of unbranched alkanes of at least 4 members (excludes halogenated alkanes) is 1. The van der Waals surface area contributed by atoms with Crippen LogP contribution in [0.3, 0.4) is 0 Å². The van der Waals surface area contributed by atoms with E-state index in [0.717, 1.165) is 23.4 Å². The molecule has 2 aromatic carbocycles. The van der Waals surface area contributed by atoms with Gasteiger partial charge >= 0.3 is 0 Å². The van der Waals surface area contributed by atoms with Crippen molar-refractivity contribution in [2.45, 2.75) is 46.2 Å². The first kappa shape index (κ1) is 29.6. The largest absolute Gasteiger partial charge is 0.354 e. The molecule has 0 aromatic heterocycles. The summed E-state index contributed by atoms with van der Waals surface area (Å²) in [6, 6.07) is 10.0. The quantitative estimate of drug-likeness (QED) is 0.310. The average molecular weight is 557 g/mol. The van der Waals surface area contributed by atoms with Crippen LogP contribution in [0.15, 0.2) is 42.5 Å². The minimum Gasteiger partial charge on any atom is -0.354 e. The van der Waals surface area contributed by atoms with Gasteiger partial charge in [0.1, 0.15) is 12.6 Å². The van der Waals surface area contributed by atoms with Gasteiger partial charge in [-0.2, -0.15) is 0 Å². The molecule has 2 amide bonds. The Balaban J connectivity index is 2.41. The second-order valence-corrected chi connectivity index (χ2v) is 11.2. The van der Waals surface area contributed by atoms with Gasteiger partial charge in [-0.25, -0.2) is 8.42 Å². The Kier molecular flexibility index (Phi) is 10.8. The zero-order valence-electron chi connectivity index (χ0n) is 20.8. The lowest BCUT2D eigenvalue weighted by molar-refractivity contribution is -0.139. The van der Waals surface area contributed by atoms with Crippen molar-refractivity contribution in [3.63, 3.8) is 0 Å². The SMILES string of the molecule is CCCCNC(=O)[C@H](C)N(Cc1ccc(Cl)c(Cl)c1)C(=O)CN(c1cccc(C(C)=O)c1)S(C)(=O)=O. The summed E-state index contributed by atoms with van der Waals surface area (Å²) in [5.74, 6) is -1.20. The number of anilines is 1. The molecule has 0 aliphatic heterocycles. The maximum Gasteiger partial charge on any atom is 0.244 e. The van der Waals surface area contributed by atoms with E-state index >= 15 is 0 Å². The summed E-state index contributed by atoms with van der Waals surface area (Å²) in [5.41, 5.74) is 1.11. The van der Waals surface area contributed by atoms with Crippen molar-refractivity contribution < 1.29 is 22.8 Å². The van der Waals surface area contributed by atoms with E-state index in [4.69, 9.17) is 23.2 Å². The number of nitrogens with one attached hydrogen (secondary N) is 1. The van der Waals surface area contributed by atoms with E-state index in [-0.39, 0.29) is 23.9 Å². The van der Waals surface area contributed by atoms with E-state index in [1.54, 1.807) is 37.3 Å². The third kappa shape index (κ3) is 8.21. The zero-order valence-corrected chi connectivity index (χ0v) is 23.1. The Morgan fingerprint density at radius 3 is 2.33 bits per heavy atom. The number of amides is 2. The predicted octanol–water partition coefficient (Wildman–Crippen LogP) is 4.30. The van der Waals surface area contributed by atoms with Crippen LogP contribution in [0.5, 0.6) is 0 Å². The van der Waals surface area contributed by atoms with E-state index < -0.39 is 28.5 Å². The van der Waals surface area contributed by atoms with Crippen molar-refractivity contribution in [2.75, 3.05) is 23.7 Å². The molecule has 2 rings (SSSR count). The maximum atomic E-state index is 13.5. The van der Waals surface area contributed by atoms with E-state index in [0.29, 0.717) is 27.7 Å². The standard InChI is InChI=1S/C25H31Cl2N3O5S/c1-5-6-12-28-25(33)17(2)29(15-19-10-11-22(26)23(27)13-19)24(32)16-30(36(4,34)35)21-9-7-8-20(14-21)18(3)31/h7-11,13-14,17H,5-6,12,15-16H2,1-4H3,(H,28,33)/t17-/m0/s1. The highest BCUT2D eigenvalue weighted by Crippen LogP contribution is 2.25. The Labute approximate surface area is 222 Å². The number of carbonyl (C=O) groups excluding carboxylic acids is 3. The fourth-order valence-corrected chi connectivity index (χ4v) is 4.61. The molecule has 8 nitrogen and oxygen atoms in total. The molecule has 1 atom stereocenters. The molecule has 36 heavy (non-hydrogen) atoms. The molecule has 0 heterocycles. The summed E-state index contributed by atoms with van der Waals surface area (Å²) < 4.78 is 26.2. The normalized spacial score (nSPS) is 12.1. The highest BCUT2D eigenvalue weighted by Gasteiger charge is 2.30. The summed E-state index contributed by atoms with van der Waals surface area (Å²) in [5, 5.41) is 3.45. The van der Waals surface area contributed by atoms with Crippen LogP contribution < -0.4 is 9.62 Å². The highest BCUT2D eigenvalue weighted by atomic mass is 35.5. The number of Topliss-reactive ketones (excluding diaryl/α,β-unsaturated/α-hetero) is 1. The number of hydrogen-bond donors (Lipinski definition) is 1. The first-order chi connectivity index (χ1) is 16.8. The third-order valence-corrected chi connectivity index (χ3v) is 7.43. The van der Waals surface area contributed by atoms with Gasteiger partial charge in [0, 0.05) is 18.7 Å². The first-order valence-electron chi connectivity index (χ1n) is 11.4. The molecule has 0 unspecified atom stereocenters. The fraction of sp³-hybridized carbons (Fsp3) is 0.400. The number of nitrogens with zero attached hydrogens (tertiary/aromatic N) is 2. The topological polar surface area (TPSA) is 104 Å². The Bertz CT molecular complexity index is 1220. The minimum atomic E-state index is -3.90. The molecule has 1 N–H and O–H groups in total. The van der Waals surface area contributed by atoms with Crippen LogP contribution in [0.2, 0.25) is 10.0 Å². The van der Waals surface area contributed by atoms with Crippen LogP contribution in [0.4, 0.5) is 5.69 Å². The molecule has 0 radical (unpaired) electrons. The minimum absolute atomic E-state index is 0.00315. The Hall–Kier alpha value is -2.62. The van der Waals surface area contributed by atoms with Gasteiger partial charge < -0.3 is 10.2 Å². The average Bonchev–Trinajstić information content (AvgIpc) is 2.82. The van der Waals surface area contributed by atoms with E-state index in [2.05, 4.69) is 5.32 Å². The van der Waals surface area contributed by atoms with Crippen molar-refractivity contribution >= 4 is 56.5 Å². The molecule has 0 aliphatic rings. The fourth-order valence-electron chi connectivity index (χ4n) is 3.45. The lowest BCUT2D eigenvalue weighted by Crippen LogP contribution is -2.51. The van der Waals surface area contributed by atoms with Crippen molar-refractivity contribution in [1.29, 1.82) is 0 Å². The molecule has 11 heteroatoms. The molecule has 2 aromatic rings. The number of carbonyl (C=O) groups is 3. The second kappa shape index (κ2) is 13.1. The number of hydrogen-bond acceptors (Lipinski definition) is 5. The van der Waals surface area contributed by atoms with Gasteiger partial charge in [0.05, 0.1) is 22.0 Å². The smallest absolute Gasteiger partial charge is 0.244 e. The molecule has 0 bridgehead atoms. The molecule has 0 spiro atoms. The molecule has 0 fully saturated rings. The second-order valence-electron chi connectivity index (χ2n) is 8.47. The van der Waals surface area contributed by atoms with Gasteiger partial charge in [-0.3, -0.25) is 18.7 Å². The van der Waals surface area contributed by atoms with E-state index in [1.165, 1.54) is 24.0 Å². The molecule has 0 saturated heterocycles. The number of ketones is 1. The van der Waals surface area contributed by atoms with Gasteiger partial charge in [0.15, 0.2) is 5.78 Å². The molecular formula is C25H31Cl2N3O5S. The van der Waals surface area contributed by atoms with Crippen molar-refractivity contribution in [1.82, 2.24) is 10.2 Å². The summed E-state index contributed by atoms with van der Waals surface area (Å²) in [6.45, 7) is 4.85. The zero-order chi connectivity index (χ0) is 27.0. The van der Waals surface area contributed by atoms with Crippen LogP contribution in [0.1, 0.15) is 49.5 Å². The van der Waals surface area contributed by atoms with Gasteiger partial charge in [-0.05, 0) is 50.1 Å². The van der Waals surface area contributed by atoms with E-state index in [1.807, 2.05) is 6.92 Å². The van der Waals surface area contributed by atoms with Crippen molar-refractivity contribution in [3.05, 3.63) is 63.6 Å². The van der Waals surface area contributed by atoms with Gasteiger partial charge in [-0.15, -0.1) is 0 Å². The number of benzene rings is 2. The van der Waals surface area contributed by atoms with Gasteiger partial charge in [0.25, 0.3) is 0 Å². The van der Waals surface area contributed by atoms with Crippen molar-refractivity contribution in [3.8, 4) is 0 Å². The van der Waals surface area contributed by atoms with Crippen LogP contribution in [-0.4, -0.2) is 56.3 Å². The lowest BCUT2D eigenvalue weighted by atomic mass is 10.1. The van der Waals surface area contributed by atoms with Crippen molar-refractivity contribution in [2.24, 2.45) is 0 Å². The monoisotopic (exact) mass is 555 g/mol. The summed E-state index contributed by atoms with van der Waals surface area (Å²) in [7, 11) is -3.90. The predicted molar refractivity (Wildman–Crippen MR) is 143 cm³/mol. The summed E-state index contributed by atoms with van der Waals surface area (Å²) in [4.78, 5) is 39.5. The highest BCUT2D eigenvalue weighted by molar-refractivity contribution is 7.92. The van der Waals surface area contributed by atoms with E-state index in [9.17, 15) is 22.8 Å². The molecule has 196 valence electrons. The van der Waals surface area contributed by atoms with Crippen LogP contribution in [0, 0.1) is 0 Å². The van der Waals surface area contributed by atoms with Crippen LogP contribution in [0.25, 0.3) is 0 Å². The summed E-state index contributed by atoms with van der Waals surface area (Å²) in [6.07, 6.45) is 2.65. The maximum absolute atomic E-state index is 13.5. The lowest BCUT2D eigenvalue weighted by Gasteiger charge is -2.31. The van der Waals surface area contributed by atoms with Gasteiger partial charge in [0.2, 0.25) is 21.8 Å². The number of rotatable bonds is 12. The molecule has 0 aliphatic carbocycles. The first-order valence-corrected chi connectivity index (χ1v) is 14.0. The molecule has 0 saturated carbocycles. The van der Waals surface area contributed by atoms with Crippen LogP contribution >= 0.6 is 23.2 Å². The Morgan fingerprint density at radius 2 is 1.75 bits per heavy atom. The third-order valence-electron chi connectivity index (χ3n) is 5.55. The Morgan fingerprint density at radius 1 is 1.06 bits per heavy atom. The summed E-state index contributed by atoms with van der Waals surface area (Å²) >= 11 is 12.1.